The molecule has 22 heavy (non-hydrogen) atoms. The molecule has 0 saturated heterocycles. The van der Waals surface area contributed by atoms with Gasteiger partial charge in [-0.2, -0.15) is 0 Å². The van der Waals surface area contributed by atoms with Crippen LogP contribution < -0.4 is 22.0 Å². The SMILES string of the molecule is NC(=S)N(Cc1cccnc1)NC(=S)NNc1ccccc1. The van der Waals surface area contributed by atoms with E-state index in [9.17, 15) is 0 Å². The van der Waals surface area contributed by atoms with Crippen LogP contribution in [0.2, 0.25) is 0 Å². The Morgan fingerprint density at radius 2 is 1.91 bits per heavy atom. The lowest BCUT2D eigenvalue weighted by Crippen LogP contribution is -2.52. The number of aromatic nitrogens is 1. The Kier molecular flexibility index (Phi) is 5.87. The quantitative estimate of drug-likeness (QED) is 0.496. The third-order valence-corrected chi connectivity index (χ3v) is 3.07. The van der Waals surface area contributed by atoms with Crippen LogP contribution in [0.25, 0.3) is 0 Å². The molecule has 0 radical (unpaired) electrons. The lowest BCUT2D eigenvalue weighted by Gasteiger charge is -2.25. The molecule has 0 fully saturated rings. The number of nitrogens with two attached hydrogens (primary N) is 1. The molecule has 0 bridgehead atoms. The van der Waals surface area contributed by atoms with E-state index in [0.29, 0.717) is 11.7 Å². The summed E-state index contributed by atoms with van der Waals surface area (Å²) in [6.07, 6.45) is 3.45. The van der Waals surface area contributed by atoms with E-state index in [1.165, 1.54) is 0 Å². The van der Waals surface area contributed by atoms with Gasteiger partial charge in [-0.1, -0.05) is 24.3 Å². The van der Waals surface area contributed by atoms with Gasteiger partial charge >= 0.3 is 0 Å². The van der Waals surface area contributed by atoms with Crippen LogP contribution in [0.5, 0.6) is 0 Å². The van der Waals surface area contributed by atoms with Gasteiger partial charge in [-0.25, -0.2) is 0 Å². The summed E-state index contributed by atoms with van der Waals surface area (Å²) in [5, 5.41) is 2.10. The lowest BCUT2D eigenvalue weighted by atomic mass is 10.3. The predicted molar refractivity (Wildman–Crippen MR) is 95.5 cm³/mol. The molecule has 0 unspecified atom stereocenters. The van der Waals surface area contributed by atoms with E-state index >= 15 is 0 Å². The number of rotatable bonds is 4. The zero-order chi connectivity index (χ0) is 15.8. The molecule has 2 rings (SSSR count). The highest BCUT2D eigenvalue weighted by Crippen LogP contribution is 2.03. The number of benzene rings is 1. The fourth-order valence-corrected chi connectivity index (χ4v) is 1.92. The van der Waals surface area contributed by atoms with Crippen molar-refractivity contribution >= 4 is 40.3 Å². The molecular formula is C14H16N6S2. The third kappa shape index (κ3) is 5.15. The summed E-state index contributed by atoms with van der Waals surface area (Å²) in [4.78, 5) is 4.05. The maximum Gasteiger partial charge on any atom is 0.204 e. The van der Waals surface area contributed by atoms with Gasteiger partial charge < -0.3 is 5.73 Å². The van der Waals surface area contributed by atoms with E-state index in [1.54, 1.807) is 17.4 Å². The fraction of sp³-hybridized carbons (Fsp3) is 0.0714. The number of nitrogens with zero attached hydrogens (tertiary/aromatic N) is 2. The van der Waals surface area contributed by atoms with Crippen molar-refractivity contribution in [2.24, 2.45) is 5.73 Å². The normalized spacial score (nSPS) is 9.64. The number of nitrogens with one attached hydrogen (secondary N) is 3. The number of thiocarbonyl (C=S) groups is 2. The minimum atomic E-state index is 0.188. The van der Waals surface area contributed by atoms with Crippen molar-refractivity contribution in [1.29, 1.82) is 0 Å². The van der Waals surface area contributed by atoms with Crippen molar-refractivity contribution in [3.63, 3.8) is 0 Å². The topological polar surface area (TPSA) is 78.2 Å². The Balaban J connectivity index is 1.88. The Labute approximate surface area is 139 Å². The monoisotopic (exact) mass is 332 g/mol. The molecule has 2 aromatic rings. The van der Waals surface area contributed by atoms with E-state index in [4.69, 9.17) is 30.2 Å². The number of anilines is 1. The van der Waals surface area contributed by atoms with Crippen molar-refractivity contribution < 1.29 is 0 Å². The van der Waals surface area contributed by atoms with Gasteiger partial charge in [0.25, 0.3) is 0 Å². The molecule has 1 aromatic heterocycles. The van der Waals surface area contributed by atoms with Crippen LogP contribution in [0.15, 0.2) is 54.9 Å². The van der Waals surface area contributed by atoms with Crippen LogP contribution in [-0.4, -0.2) is 20.2 Å². The predicted octanol–water partition coefficient (Wildman–Crippen LogP) is 1.53. The van der Waals surface area contributed by atoms with E-state index in [0.717, 1.165) is 11.3 Å². The Bertz CT molecular complexity index is 620. The Morgan fingerprint density at radius 1 is 1.14 bits per heavy atom. The largest absolute Gasteiger partial charge is 0.375 e. The molecule has 0 aliphatic heterocycles. The van der Waals surface area contributed by atoms with Gasteiger partial charge in [0.15, 0.2) is 5.11 Å². The summed E-state index contributed by atoms with van der Waals surface area (Å²) in [6, 6.07) is 13.4. The molecule has 6 nitrogen and oxygen atoms in total. The van der Waals surface area contributed by atoms with Crippen LogP contribution in [0.1, 0.15) is 5.56 Å². The van der Waals surface area contributed by atoms with Crippen molar-refractivity contribution in [3.05, 3.63) is 60.4 Å². The van der Waals surface area contributed by atoms with Crippen molar-refractivity contribution in [2.45, 2.75) is 6.54 Å². The van der Waals surface area contributed by atoms with E-state index in [-0.39, 0.29) is 5.11 Å². The molecule has 0 saturated carbocycles. The van der Waals surface area contributed by atoms with Crippen molar-refractivity contribution in [1.82, 2.24) is 20.8 Å². The Morgan fingerprint density at radius 3 is 2.55 bits per heavy atom. The summed E-state index contributed by atoms with van der Waals surface area (Å²) >= 11 is 10.2. The second kappa shape index (κ2) is 8.11. The molecule has 0 amide bonds. The van der Waals surface area contributed by atoms with Crippen molar-refractivity contribution in [2.75, 3.05) is 5.43 Å². The van der Waals surface area contributed by atoms with E-state index in [1.807, 2.05) is 42.5 Å². The number of pyridine rings is 1. The zero-order valence-electron chi connectivity index (χ0n) is 11.7. The highest BCUT2D eigenvalue weighted by molar-refractivity contribution is 7.80. The van der Waals surface area contributed by atoms with Crippen LogP contribution in [-0.2, 0) is 6.54 Å². The van der Waals surface area contributed by atoms with Gasteiger partial charge in [-0.05, 0) is 48.2 Å². The van der Waals surface area contributed by atoms with Gasteiger partial charge in [0.2, 0.25) is 5.11 Å². The van der Waals surface area contributed by atoms with Gasteiger partial charge in [0, 0.05) is 12.4 Å². The molecule has 0 atom stereocenters. The van der Waals surface area contributed by atoms with E-state index in [2.05, 4.69) is 21.3 Å². The molecule has 114 valence electrons. The highest BCUT2D eigenvalue weighted by Gasteiger charge is 2.09. The first-order valence-corrected chi connectivity index (χ1v) is 7.30. The minimum Gasteiger partial charge on any atom is -0.375 e. The average molecular weight is 332 g/mol. The maximum absolute atomic E-state index is 5.71. The first-order valence-electron chi connectivity index (χ1n) is 6.49. The summed E-state index contributed by atoms with van der Waals surface area (Å²) in [5.74, 6) is 0. The van der Waals surface area contributed by atoms with Crippen LogP contribution in [0.4, 0.5) is 5.69 Å². The molecular weight excluding hydrogens is 316 g/mol. The fourth-order valence-electron chi connectivity index (χ4n) is 1.65. The van der Waals surface area contributed by atoms with E-state index < -0.39 is 0 Å². The number of para-hydroxylation sites is 1. The summed E-state index contributed by atoms with van der Waals surface area (Å²) < 4.78 is 0. The summed E-state index contributed by atoms with van der Waals surface area (Å²) in [5.41, 5.74) is 16.3. The standard InChI is InChI=1S/C14H16N6S2/c15-13(21)20(10-11-5-4-8-16-9-11)19-14(22)18-17-12-6-2-1-3-7-12/h1-9,17H,10H2,(H2,15,21)(H2,18,19,22). The Hall–Kier alpha value is -2.45. The smallest absolute Gasteiger partial charge is 0.204 e. The average Bonchev–Trinajstić information content (AvgIpc) is 2.54. The molecule has 1 aromatic carbocycles. The number of hydrogen-bond acceptors (Lipinski definition) is 4. The van der Waals surface area contributed by atoms with Gasteiger partial charge in [-0.15, -0.1) is 0 Å². The van der Waals surface area contributed by atoms with Crippen LogP contribution >= 0.6 is 24.4 Å². The van der Waals surface area contributed by atoms with Crippen LogP contribution in [0.3, 0.4) is 0 Å². The first kappa shape index (κ1) is 15.9. The zero-order valence-corrected chi connectivity index (χ0v) is 13.3. The molecule has 1 heterocycles. The molecule has 0 aliphatic carbocycles. The minimum absolute atomic E-state index is 0.188. The molecule has 0 spiro atoms. The second-order valence-electron chi connectivity index (χ2n) is 4.34. The first-order chi connectivity index (χ1) is 10.6. The maximum atomic E-state index is 5.71. The third-order valence-electron chi connectivity index (χ3n) is 2.66. The molecule has 8 heteroatoms. The highest BCUT2D eigenvalue weighted by atomic mass is 32.1. The number of hydrazine groups is 2. The molecule has 5 N–H and O–H groups in total. The second-order valence-corrected chi connectivity index (χ2v) is 5.17. The number of hydrogen-bond donors (Lipinski definition) is 4. The van der Waals surface area contributed by atoms with Crippen molar-refractivity contribution in [3.8, 4) is 0 Å². The van der Waals surface area contributed by atoms with Crippen LogP contribution in [0, 0.1) is 0 Å². The van der Waals surface area contributed by atoms with Gasteiger partial charge in [0.1, 0.15) is 0 Å². The lowest BCUT2D eigenvalue weighted by molar-refractivity contribution is 0.370. The summed E-state index contributed by atoms with van der Waals surface area (Å²) in [7, 11) is 0. The molecule has 0 aliphatic rings. The summed E-state index contributed by atoms with van der Waals surface area (Å²) in [6.45, 7) is 0.455. The van der Waals surface area contributed by atoms with Gasteiger partial charge in [-0.3, -0.25) is 26.3 Å². The van der Waals surface area contributed by atoms with Gasteiger partial charge in [0.05, 0.1) is 12.2 Å².